The van der Waals surface area contributed by atoms with Crippen LogP contribution in [0.3, 0.4) is 0 Å². The van der Waals surface area contributed by atoms with E-state index in [1.165, 1.54) is 25.0 Å². The molecule has 3 atom stereocenters. The summed E-state index contributed by atoms with van der Waals surface area (Å²) in [6.07, 6.45) is 2.46. The highest BCUT2D eigenvalue weighted by atomic mass is 19.1. The summed E-state index contributed by atoms with van der Waals surface area (Å²) >= 11 is 0. The van der Waals surface area contributed by atoms with Gasteiger partial charge in [0.15, 0.2) is 11.6 Å². The molecule has 0 spiro atoms. The molecule has 2 nitrogen and oxygen atoms in total. The van der Waals surface area contributed by atoms with Gasteiger partial charge in [0.2, 0.25) is 0 Å². The minimum Gasteiger partial charge on any atom is -0.505 e. The van der Waals surface area contributed by atoms with Crippen LogP contribution in [0.4, 0.5) is 4.39 Å². The van der Waals surface area contributed by atoms with Crippen LogP contribution < -0.4 is 5.32 Å². The molecule has 94 valence electrons. The Morgan fingerprint density at radius 2 is 2.12 bits per heavy atom. The zero-order chi connectivity index (χ0) is 12.4. The molecule has 1 saturated carbocycles. The first-order valence-electron chi connectivity index (χ1n) is 6.28. The fraction of sp³-hybridized carbons (Fsp3) is 0.571. The third-order valence-corrected chi connectivity index (χ3v) is 4.05. The molecule has 1 fully saturated rings. The summed E-state index contributed by atoms with van der Waals surface area (Å²) in [6.45, 7) is 5.22. The number of nitrogens with one attached hydrogen (secondary N) is 1. The Kier molecular flexibility index (Phi) is 3.67. The largest absolute Gasteiger partial charge is 0.505 e. The zero-order valence-corrected chi connectivity index (χ0v) is 10.4. The molecule has 3 unspecified atom stereocenters. The Morgan fingerprint density at radius 1 is 1.35 bits per heavy atom. The van der Waals surface area contributed by atoms with Crippen molar-refractivity contribution in [2.24, 2.45) is 11.8 Å². The molecule has 17 heavy (non-hydrogen) atoms. The number of aromatic hydroxyl groups is 1. The number of benzene rings is 1. The molecular weight excluding hydrogens is 217 g/mol. The molecule has 1 aromatic rings. The molecule has 1 aromatic carbocycles. The maximum absolute atomic E-state index is 13.1. The summed E-state index contributed by atoms with van der Waals surface area (Å²) in [5.74, 6) is 0.620. The van der Waals surface area contributed by atoms with E-state index in [-0.39, 0.29) is 5.75 Å². The summed E-state index contributed by atoms with van der Waals surface area (Å²) in [5.41, 5.74) is 0.882. The number of halogens is 1. The van der Waals surface area contributed by atoms with Gasteiger partial charge in [0.25, 0.3) is 0 Å². The summed E-state index contributed by atoms with van der Waals surface area (Å²) in [5, 5.41) is 12.6. The number of phenolic OH excluding ortho intramolecular Hbond substituents is 1. The summed E-state index contributed by atoms with van der Waals surface area (Å²) in [6, 6.07) is 5.09. The van der Waals surface area contributed by atoms with E-state index in [9.17, 15) is 4.39 Å². The topological polar surface area (TPSA) is 32.3 Å². The van der Waals surface area contributed by atoms with Crippen molar-refractivity contribution in [1.29, 1.82) is 0 Å². The van der Waals surface area contributed by atoms with Crippen molar-refractivity contribution in [1.82, 2.24) is 5.32 Å². The highest BCUT2D eigenvalue weighted by molar-refractivity contribution is 5.27. The highest BCUT2D eigenvalue weighted by Gasteiger charge is 2.28. The quantitative estimate of drug-likeness (QED) is 0.846. The van der Waals surface area contributed by atoms with E-state index < -0.39 is 5.82 Å². The average molecular weight is 237 g/mol. The van der Waals surface area contributed by atoms with E-state index in [0.717, 1.165) is 11.5 Å². The van der Waals surface area contributed by atoms with Crippen LogP contribution in [-0.2, 0) is 6.54 Å². The Labute approximate surface area is 102 Å². The van der Waals surface area contributed by atoms with Crippen molar-refractivity contribution in [3.05, 3.63) is 29.6 Å². The molecule has 0 radical (unpaired) electrons. The van der Waals surface area contributed by atoms with Crippen LogP contribution in [0.1, 0.15) is 32.3 Å². The van der Waals surface area contributed by atoms with Crippen molar-refractivity contribution < 1.29 is 9.50 Å². The first-order valence-corrected chi connectivity index (χ1v) is 6.28. The van der Waals surface area contributed by atoms with Crippen molar-refractivity contribution >= 4 is 0 Å². The molecule has 0 amide bonds. The van der Waals surface area contributed by atoms with Crippen molar-refractivity contribution in [2.45, 2.75) is 39.3 Å². The Hall–Kier alpha value is -1.09. The van der Waals surface area contributed by atoms with E-state index >= 15 is 0 Å². The second kappa shape index (κ2) is 5.05. The Morgan fingerprint density at radius 3 is 2.71 bits per heavy atom. The lowest BCUT2D eigenvalue weighted by Crippen LogP contribution is -2.31. The number of phenols is 1. The standard InChI is InChI=1S/C14H20FNO/c1-9-3-5-13(10(9)2)16-8-11-4-6-14(17)12(15)7-11/h4,6-7,9-10,13,16-17H,3,5,8H2,1-2H3. The van der Waals surface area contributed by atoms with Crippen LogP contribution in [-0.4, -0.2) is 11.1 Å². The second-order valence-corrected chi connectivity index (χ2v) is 5.19. The summed E-state index contributed by atoms with van der Waals surface area (Å²) < 4.78 is 13.1. The number of hydrogen-bond donors (Lipinski definition) is 2. The summed E-state index contributed by atoms with van der Waals surface area (Å²) in [4.78, 5) is 0. The van der Waals surface area contributed by atoms with Gasteiger partial charge in [-0.05, 0) is 42.4 Å². The van der Waals surface area contributed by atoms with Gasteiger partial charge in [-0.15, -0.1) is 0 Å². The first-order chi connectivity index (χ1) is 8.08. The smallest absolute Gasteiger partial charge is 0.165 e. The van der Waals surface area contributed by atoms with Crippen LogP contribution in [0.2, 0.25) is 0 Å². The molecule has 1 aliphatic rings. The van der Waals surface area contributed by atoms with E-state index in [2.05, 4.69) is 19.2 Å². The van der Waals surface area contributed by atoms with Gasteiger partial charge in [-0.3, -0.25) is 0 Å². The average Bonchev–Trinajstić information content (AvgIpc) is 2.62. The lowest BCUT2D eigenvalue weighted by atomic mass is 9.97. The fourth-order valence-electron chi connectivity index (χ4n) is 2.56. The lowest BCUT2D eigenvalue weighted by Gasteiger charge is -2.19. The molecular formula is C14H20FNO. The zero-order valence-electron chi connectivity index (χ0n) is 10.4. The molecule has 0 saturated heterocycles. The van der Waals surface area contributed by atoms with Gasteiger partial charge in [0.1, 0.15) is 0 Å². The molecule has 0 bridgehead atoms. The van der Waals surface area contributed by atoms with Gasteiger partial charge in [-0.25, -0.2) is 4.39 Å². The van der Waals surface area contributed by atoms with E-state index in [1.807, 2.05) is 0 Å². The molecule has 0 heterocycles. The predicted molar refractivity (Wildman–Crippen MR) is 66.3 cm³/mol. The third kappa shape index (κ3) is 2.78. The monoisotopic (exact) mass is 237 g/mol. The normalized spacial score (nSPS) is 28.5. The fourth-order valence-corrected chi connectivity index (χ4v) is 2.56. The van der Waals surface area contributed by atoms with Gasteiger partial charge in [-0.1, -0.05) is 19.9 Å². The Bertz CT molecular complexity index is 394. The third-order valence-electron chi connectivity index (χ3n) is 4.05. The van der Waals surface area contributed by atoms with Crippen LogP contribution >= 0.6 is 0 Å². The number of hydrogen-bond acceptors (Lipinski definition) is 2. The van der Waals surface area contributed by atoms with Crippen LogP contribution in [0.5, 0.6) is 5.75 Å². The Balaban J connectivity index is 1.92. The van der Waals surface area contributed by atoms with E-state index in [0.29, 0.717) is 18.5 Å². The van der Waals surface area contributed by atoms with Crippen LogP contribution in [0.15, 0.2) is 18.2 Å². The van der Waals surface area contributed by atoms with Gasteiger partial charge in [0, 0.05) is 12.6 Å². The first kappa shape index (κ1) is 12.4. The van der Waals surface area contributed by atoms with Gasteiger partial charge >= 0.3 is 0 Å². The SMILES string of the molecule is CC1CCC(NCc2ccc(O)c(F)c2)C1C. The van der Waals surface area contributed by atoms with Crippen molar-refractivity contribution in [2.75, 3.05) is 0 Å². The van der Waals surface area contributed by atoms with E-state index in [4.69, 9.17) is 5.11 Å². The van der Waals surface area contributed by atoms with Gasteiger partial charge in [-0.2, -0.15) is 0 Å². The highest BCUT2D eigenvalue weighted by Crippen LogP contribution is 2.31. The van der Waals surface area contributed by atoms with E-state index in [1.54, 1.807) is 6.07 Å². The maximum Gasteiger partial charge on any atom is 0.165 e. The number of rotatable bonds is 3. The molecule has 2 rings (SSSR count). The predicted octanol–water partition coefficient (Wildman–Crippen LogP) is 3.06. The lowest BCUT2D eigenvalue weighted by molar-refractivity contribution is 0.369. The minimum absolute atomic E-state index is 0.281. The second-order valence-electron chi connectivity index (χ2n) is 5.19. The molecule has 2 N–H and O–H groups in total. The maximum atomic E-state index is 13.1. The van der Waals surface area contributed by atoms with Crippen LogP contribution in [0, 0.1) is 17.7 Å². The molecule has 3 heteroatoms. The molecule has 1 aliphatic carbocycles. The minimum atomic E-state index is -0.544. The van der Waals surface area contributed by atoms with Crippen molar-refractivity contribution in [3.8, 4) is 5.75 Å². The van der Waals surface area contributed by atoms with Crippen LogP contribution in [0.25, 0.3) is 0 Å². The summed E-state index contributed by atoms with van der Waals surface area (Å²) in [7, 11) is 0. The molecule has 0 aromatic heterocycles. The van der Waals surface area contributed by atoms with Gasteiger partial charge in [0.05, 0.1) is 0 Å². The molecule has 0 aliphatic heterocycles. The van der Waals surface area contributed by atoms with Gasteiger partial charge < -0.3 is 10.4 Å². The van der Waals surface area contributed by atoms with Crippen molar-refractivity contribution in [3.63, 3.8) is 0 Å².